The first-order chi connectivity index (χ1) is 10.9. The van der Waals surface area contributed by atoms with Gasteiger partial charge in [0.15, 0.2) is 5.16 Å². The molecule has 3 aromatic heterocycles. The van der Waals surface area contributed by atoms with Crippen LogP contribution in [0.2, 0.25) is 0 Å². The summed E-state index contributed by atoms with van der Waals surface area (Å²) in [6.07, 6.45) is 3.85. The van der Waals surface area contributed by atoms with E-state index >= 15 is 0 Å². The number of benzene rings is 1. The number of pyridine rings is 1. The van der Waals surface area contributed by atoms with E-state index in [1.807, 2.05) is 65.3 Å². The number of aromatic nitrogens is 4. The minimum absolute atomic E-state index is 0.591. The SMILES string of the molecule is c1ccc(-c2noc(CSc3ncc4ccccn34)n2)cc1. The molecule has 0 fully saturated rings. The number of nitrogens with zero attached hydrogens (tertiary/aromatic N) is 4. The Balaban J connectivity index is 1.52. The topological polar surface area (TPSA) is 56.2 Å². The van der Waals surface area contributed by atoms with Crippen LogP contribution in [0.4, 0.5) is 0 Å². The number of imidazole rings is 1. The highest BCUT2D eigenvalue weighted by Gasteiger charge is 2.10. The predicted octanol–water partition coefficient (Wildman–Crippen LogP) is 3.68. The van der Waals surface area contributed by atoms with Crippen molar-refractivity contribution >= 4 is 17.3 Å². The first-order valence-electron chi connectivity index (χ1n) is 6.83. The summed E-state index contributed by atoms with van der Waals surface area (Å²) in [6, 6.07) is 15.8. The lowest BCUT2D eigenvalue weighted by Gasteiger charge is -1.97. The quantitative estimate of drug-likeness (QED) is 0.538. The summed E-state index contributed by atoms with van der Waals surface area (Å²) in [6.45, 7) is 0. The number of fused-ring (bicyclic) bond motifs is 1. The second-order valence-electron chi connectivity index (χ2n) is 4.70. The van der Waals surface area contributed by atoms with Gasteiger partial charge in [0.05, 0.1) is 17.5 Å². The maximum Gasteiger partial charge on any atom is 0.237 e. The zero-order valence-electron chi connectivity index (χ0n) is 11.6. The fourth-order valence-electron chi connectivity index (χ4n) is 2.17. The lowest BCUT2D eigenvalue weighted by atomic mass is 10.2. The Kier molecular flexibility index (Phi) is 3.36. The van der Waals surface area contributed by atoms with E-state index < -0.39 is 0 Å². The van der Waals surface area contributed by atoms with Crippen molar-refractivity contribution in [2.45, 2.75) is 10.9 Å². The highest BCUT2D eigenvalue weighted by Crippen LogP contribution is 2.23. The minimum atomic E-state index is 0.591. The Bertz CT molecular complexity index is 901. The molecule has 0 unspecified atom stereocenters. The van der Waals surface area contributed by atoms with Gasteiger partial charge >= 0.3 is 0 Å². The van der Waals surface area contributed by atoms with Crippen molar-refractivity contribution < 1.29 is 4.52 Å². The molecule has 5 nitrogen and oxygen atoms in total. The van der Waals surface area contributed by atoms with E-state index in [1.165, 1.54) is 0 Å². The molecule has 0 saturated heterocycles. The van der Waals surface area contributed by atoms with E-state index in [-0.39, 0.29) is 0 Å². The first-order valence-corrected chi connectivity index (χ1v) is 7.81. The molecule has 0 spiro atoms. The van der Waals surface area contributed by atoms with Gasteiger partial charge in [-0.2, -0.15) is 4.98 Å². The van der Waals surface area contributed by atoms with Gasteiger partial charge in [-0.05, 0) is 12.1 Å². The van der Waals surface area contributed by atoms with Gasteiger partial charge in [0.25, 0.3) is 0 Å². The van der Waals surface area contributed by atoms with Crippen LogP contribution in [-0.4, -0.2) is 19.5 Å². The van der Waals surface area contributed by atoms with Crippen LogP contribution in [-0.2, 0) is 5.75 Å². The molecule has 6 heteroatoms. The van der Waals surface area contributed by atoms with Crippen molar-refractivity contribution in [3.05, 3.63) is 66.8 Å². The fourth-order valence-corrected chi connectivity index (χ4v) is 2.97. The average molecular weight is 308 g/mol. The van der Waals surface area contributed by atoms with Crippen LogP contribution in [0.1, 0.15) is 5.89 Å². The van der Waals surface area contributed by atoms with Crippen LogP contribution >= 0.6 is 11.8 Å². The van der Waals surface area contributed by atoms with Gasteiger partial charge in [-0.3, -0.25) is 4.40 Å². The maximum absolute atomic E-state index is 5.31. The first kappa shape index (κ1) is 13.1. The van der Waals surface area contributed by atoms with Crippen molar-refractivity contribution in [2.24, 2.45) is 0 Å². The molecule has 0 aliphatic rings. The fraction of sp³-hybridized carbons (Fsp3) is 0.0625. The summed E-state index contributed by atoms with van der Waals surface area (Å²) in [7, 11) is 0. The van der Waals surface area contributed by atoms with E-state index in [0.717, 1.165) is 16.2 Å². The summed E-state index contributed by atoms with van der Waals surface area (Å²) in [4.78, 5) is 8.84. The molecule has 0 atom stereocenters. The predicted molar refractivity (Wildman–Crippen MR) is 84.5 cm³/mol. The van der Waals surface area contributed by atoms with Gasteiger partial charge in [0, 0.05) is 11.8 Å². The third-order valence-electron chi connectivity index (χ3n) is 3.23. The summed E-state index contributed by atoms with van der Waals surface area (Å²) >= 11 is 1.57. The summed E-state index contributed by atoms with van der Waals surface area (Å²) in [5.74, 6) is 1.80. The number of thioether (sulfide) groups is 1. The van der Waals surface area contributed by atoms with Crippen molar-refractivity contribution in [3.63, 3.8) is 0 Å². The summed E-state index contributed by atoms with van der Waals surface area (Å²) < 4.78 is 7.35. The van der Waals surface area contributed by atoms with Gasteiger partial charge in [0.2, 0.25) is 11.7 Å². The van der Waals surface area contributed by atoms with Crippen molar-refractivity contribution in [3.8, 4) is 11.4 Å². The molecule has 108 valence electrons. The molecule has 4 rings (SSSR count). The maximum atomic E-state index is 5.31. The Morgan fingerprint density at radius 2 is 1.91 bits per heavy atom. The van der Waals surface area contributed by atoms with E-state index in [0.29, 0.717) is 17.5 Å². The number of rotatable bonds is 4. The number of hydrogen-bond donors (Lipinski definition) is 0. The van der Waals surface area contributed by atoms with Gasteiger partial charge in [0.1, 0.15) is 0 Å². The van der Waals surface area contributed by atoms with E-state index in [9.17, 15) is 0 Å². The molecule has 0 N–H and O–H groups in total. The Morgan fingerprint density at radius 1 is 1.05 bits per heavy atom. The van der Waals surface area contributed by atoms with Gasteiger partial charge in [-0.25, -0.2) is 4.98 Å². The van der Waals surface area contributed by atoms with Crippen LogP contribution < -0.4 is 0 Å². The highest BCUT2D eigenvalue weighted by atomic mass is 32.2. The summed E-state index contributed by atoms with van der Waals surface area (Å²) in [5.41, 5.74) is 2.02. The van der Waals surface area contributed by atoms with E-state index in [1.54, 1.807) is 11.8 Å². The largest absolute Gasteiger partial charge is 0.338 e. The molecule has 0 amide bonds. The zero-order chi connectivity index (χ0) is 14.8. The van der Waals surface area contributed by atoms with Crippen molar-refractivity contribution in [1.29, 1.82) is 0 Å². The Hall–Kier alpha value is -2.60. The number of hydrogen-bond acceptors (Lipinski definition) is 5. The summed E-state index contributed by atoms with van der Waals surface area (Å²) in [5, 5.41) is 4.93. The molecule has 0 bridgehead atoms. The highest BCUT2D eigenvalue weighted by molar-refractivity contribution is 7.98. The standard InChI is InChI=1S/C16H12N4OS/c1-2-6-12(7-3-1)15-18-14(21-19-15)11-22-16-17-10-13-8-4-5-9-20(13)16/h1-10H,11H2. The monoisotopic (exact) mass is 308 g/mol. The van der Waals surface area contributed by atoms with Crippen LogP contribution in [0.3, 0.4) is 0 Å². The normalized spacial score (nSPS) is 11.1. The Labute approximate surface area is 131 Å². The zero-order valence-corrected chi connectivity index (χ0v) is 12.4. The van der Waals surface area contributed by atoms with Crippen LogP contribution in [0.15, 0.2) is 70.6 Å². The van der Waals surface area contributed by atoms with E-state index in [2.05, 4.69) is 15.1 Å². The molecule has 0 aliphatic heterocycles. The molecule has 3 heterocycles. The van der Waals surface area contributed by atoms with Crippen molar-refractivity contribution in [1.82, 2.24) is 19.5 Å². The molecule has 22 heavy (non-hydrogen) atoms. The van der Waals surface area contributed by atoms with Crippen LogP contribution in [0.5, 0.6) is 0 Å². The third kappa shape index (κ3) is 2.48. The van der Waals surface area contributed by atoms with Gasteiger partial charge < -0.3 is 4.52 Å². The van der Waals surface area contributed by atoms with E-state index in [4.69, 9.17) is 4.52 Å². The smallest absolute Gasteiger partial charge is 0.237 e. The Morgan fingerprint density at radius 3 is 2.82 bits per heavy atom. The molecular weight excluding hydrogens is 296 g/mol. The van der Waals surface area contributed by atoms with Crippen LogP contribution in [0.25, 0.3) is 16.9 Å². The average Bonchev–Trinajstić information content (AvgIpc) is 3.21. The van der Waals surface area contributed by atoms with Crippen molar-refractivity contribution in [2.75, 3.05) is 0 Å². The third-order valence-corrected chi connectivity index (χ3v) is 4.18. The second kappa shape index (κ2) is 5.65. The molecule has 0 radical (unpaired) electrons. The molecule has 0 saturated carbocycles. The van der Waals surface area contributed by atoms with Gasteiger partial charge in [-0.15, -0.1) is 0 Å². The molecule has 0 aliphatic carbocycles. The lowest BCUT2D eigenvalue weighted by Crippen LogP contribution is -1.88. The minimum Gasteiger partial charge on any atom is -0.338 e. The molecule has 1 aromatic carbocycles. The molecule has 4 aromatic rings. The van der Waals surface area contributed by atoms with Gasteiger partial charge in [-0.1, -0.05) is 53.3 Å². The lowest BCUT2D eigenvalue weighted by molar-refractivity contribution is 0.391. The molecular formula is C16H12N4OS. The second-order valence-corrected chi connectivity index (χ2v) is 5.65. The van der Waals surface area contributed by atoms with Crippen LogP contribution in [0, 0.1) is 0 Å².